The first-order valence-electron chi connectivity index (χ1n) is 11.0. The molecule has 7 nitrogen and oxygen atoms in total. The monoisotopic (exact) mass is 431 g/mol. The SMILES string of the molecule is CN=C(NCc1cccc(NC(=O)C2CCC2)c1)NCc1coc(-c2ccc(C)cc2)n1. The molecule has 1 amide bonds. The summed E-state index contributed by atoms with van der Waals surface area (Å²) in [6, 6.07) is 16.0. The largest absolute Gasteiger partial charge is 0.444 e. The maximum absolute atomic E-state index is 12.2. The molecule has 0 aliphatic heterocycles. The summed E-state index contributed by atoms with van der Waals surface area (Å²) in [5.74, 6) is 1.55. The van der Waals surface area contributed by atoms with E-state index in [1.54, 1.807) is 13.3 Å². The van der Waals surface area contributed by atoms with Crippen molar-refractivity contribution < 1.29 is 9.21 Å². The number of carbonyl (C=O) groups excluding carboxylic acids is 1. The number of anilines is 1. The first-order valence-corrected chi connectivity index (χ1v) is 11.0. The lowest BCUT2D eigenvalue weighted by molar-refractivity contribution is -0.122. The highest BCUT2D eigenvalue weighted by atomic mass is 16.3. The van der Waals surface area contributed by atoms with Gasteiger partial charge in [-0.2, -0.15) is 0 Å². The lowest BCUT2D eigenvalue weighted by atomic mass is 9.85. The topological polar surface area (TPSA) is 91.5 Å². The van der Waals surface area contributed by atoms with Crippen LogP contribution in [-0.4, -0.2) is 23.9 Å². The summed E-state index contributed by atoms with van der Waals surface area (Å²) >= 11 is 0. The molecule has 2 aromatic carbocycles. The molecule has 0 radical (unpaired) electrons. The number of amides is 1. The molecule has 0 unspecified atom stereocenters. The Balaban J connectivity index is 1.28. The third-order valence-corrected chi connectivity index (χ3v) is 5.64. The molecule has 1 aromatic heterocycles. The Morgan fingerprint density at radius 1 is 1.12 bits per heavy atom. The van der Waals surface area contributed by atoms with E-state index in [0.717, 1.165) is 41.8 Å². The summed E-state index contributed by atoms with van der Waals surface area (Å²) in [6.07, 6.45) is 4.79. The van der Waals surface area contributed by atoms with Crippen molar-refractivity contribution in [2.24, 2.45) is 10.9 Å². The molecule has 0 spiro atoms. The van der Waals surface area contributed by atoms with Gasteiger partial charge < -0.3 is 20.4 Å². The number of rotatable bonds is 7. The summed E-state index contributed by atoms with van der Waals surface area (Å²) in [5, 5.41) is 9.57. The van der Waals surface area contributed by atoms with Crippen molar-refractivity contribution in [3.8, 4) is 11.5 Å². The highest BCUT2D eigenvalue weighted by Gasteiger charge is 2.25. The van der Waals surface area contributed by atoms with Gasteiger partial charge in [-0.1, -0.05) is 36.2 Å². The van der Waals surface area contributed by atoms with Crippen LogP contribution >= 0.6 is 0 Å². The first-order chi connectivity index (χ1) is 15.6. The quantitative estimate of drug-likeness (QED) is 0.384. The fourth-order valence-electron chi connectivity index (χ4n) is 3.47. The maximum Gasteiger partial charge on any atom is 0.227 e. The highest BCUT2D eigenvalue weighted by Crippen LogP contribution is 2.27. The van der Waals surface area contributed by atoms with Crippen LogP contribution in [0.1, 0.15) is 36.1 Å². The summed E-state index contributed by atoms with van der Waals surface area (Å²) in [5.41, 5.74) is 4.83. The third kappa shape index (κ3) is 5.55. The molecule has 1 heterocycles. The smallest absolute Gasteiger partial charge is 0.227 e. The highest BCUT2D eigenvalue weighted by molar-refractivity contribution is 5.93. The fraction of sp³-hybridized carbons (Fsp3) is 0.320. The van der Waals surface area contributed by atoms with Crippen LogP contribution in [0.25, 0.3) is 11.5 Å². The second-order valence-electron chi connectivity index (χ2n) is 8.11. The zero-order chi connectivity index (χ0) is 22.3. The summed E-state index contributed by atoms with van der Waals surface area (Å²) in [4.78, 5) is 21.0. The summed E-state index contributed by atoms with van der Waals surface area (Å²) in [7, 11) is 1.73. The number of hydrogen-bond donors (Lipinski definition) is 3. The molecule has 1 fully saturated rings. The number of aryl methyl sites for hydroxylation is 1. The average Bonchev–Trinajstić information content (AvgIpc) is 3.22. The molecule has 1 aliphatic carbocycles. The van der Waals surface area contributed by atoms with Crippen LogP contribution in [0.4, 0.5) is 5.69 Å². The van der Waals surface area contributed by atoms with Gasteiger partial charge in [0.2, 0.25) is 11.8 Å². The van der Waals surface area contributed by atoms with E-state index in [1.165, 1.54) is 5.56 Å². The second-order valence-corrected chi connectivity index (χ2v) is 8.11. The van der Waals surface area contributed by atoms with E-state index in [1.807, 2.05) is 48.5 Å². The predicted molar refractivity (Wildman–Crippen MR) is 126 cm³/mol. The van der Waals surface area contributed by atoms with E-state index >= 15 is 0 Å². The van der Waals surface area contributed by atoms with Crippen molar-refractivity contribution in [3.63, 3.8) is 0 Å². The van der Waals surface area contributed by atoms with Gasteiger partial charge in [0, 0.05) is 30.8 Å². The summed E-state index contributed by atoms with van der Waals surface area (Å²) in [6.45, 7) is 3.13. The van der Waals surface area contributed by atoms with Crippen molar-refractivity contribution in [2.75, 3.05) is 12.4 Å². The van der Waals surface area contributed by atoms with E-state index in [4.69, 9.17) is 4.42 Å². The Morgan fingerprint density at radius 2 is 1.91 bits per heavy atom. The van der Waals surface area contributed by atoms with Crippen LogP contribution < -0.4 is 16.0 Å². The number of hydrogen-bond acceptors (Lipinski definition) is 4. The zero-order valence-corrected chi connectivity index (χ0v) is 18.5. The fourth-order valence-corrected chi connectivity index (χ4v) is 3.47. The van der Waals surface area contributed by atoms with Crippen LogP contribution in [0.15, 0.2) is 64.2 Å². The molecule has 3 N–H and O–H groups in total. The number of guanidine groups is 1. The van der Waals surface area contributed by atoms with E-state index < -0.39 is 0 Å². The lowest BCUT2D eigenvalue weighted by Crippen LogP contribution is -2.36. The van der Waals surface area contributed by atoms with Crippen LogP contribution in [0, 0.1) is 12.8 Å². The molecule has 7 heteroatoms. The van der Waals surface area contributed by atoms with Crippen molar-refractivity contribution in [2.45, 2.75) is 39.3 Å². The van der Waals surface area contributed by atoms with Gasteiger partial charge in [-0.05, 0) is 49.6 Å². The minimum Gasteiger partial charge on any atom is -0.444 e. The van der Waals surface area contributed by atoms with Gasteiger partial charge in [-0.3, -0.25) is 9.79 Å². The maximum atomic E-state index is 12.2. The Morgan fingerprint density at radius 3 is 2.62 bits per heavy atom. The number of oxazole rings is 1. The Labute approximate surface area is 188 Å². The van der Waals surface area contributed by atoms with Crippen molar-refractivity contribution in [1.82, 2.24) is 15.6 Å². The van der Waals surface area contributed by atoms with E-state index in [0.29, 0.717) is 24.9 Å². The minimum absolute atomic E-state index is 0.122. The number of carbonyl (C=O) groups is 1. The van der Waals surface area contributed by atoms with E-state index in [-0.39, 0.29) is 11.8 Å². The van der Waals surface area contributed by atoms with Gasteiger partial charge in [0.05, 0.1) is 12.2 Å². The van der Waals surface area contributed by atoms with Gasteiger partial charge in [-0.25, -0.2) is 4.98 Å². The Hall–Kier alpha value is -3.61. The number of nitrogens with one attached hydrogen (secondary N) is 3. The molecule has 0 saturated heterocycles. The minimum atomic E-state index is 0.122. The standard InChI is InChI=1S/C25H29N5O2/c1-17-9-11-20(12-10-17)24-30-22(16-32-24)15-28-25(26-2)27-14-18-5-3-8-21(13-18)29-23(31)19-6-4-7-19/h3,5,8-13,16,19H,4,6-7,14-15H2,1-2H3,(H,29,31)(H2,26,27,28). The van der Waals surface area contributed by atoms with E-state index in [9.17, 15) is 4.79 Å². The molecule has 0 bridgehead atoms. The second kappa shape index (κ2) is 10.1. The van der Waals surface area contributed by atoms with Crippen LogP contribution in [-0.2, 0) is 17.9 Å². The number of benzene rings is 2. The van der Waals surface area contributed by atoms with Crippen molar-refractivity contribution in [3.05, 3.63) is 71.6 Å². The predicted octanol–water partition coefficient (Wildman–Crippen LogP) is 4.25. The Kier molecular flexibility index (Phi) is 6.84. The van der Waals surface area contributed by atoms with Crippen molar-refractivity contribution >= 4 is 17.6 Å². The number of nitrogens with zero attached hydrogens (tertiary/aromatic N) is 2. The van der Waals surface area contributed by atoms with Crippen LogP contribution in [0.2, 0.25) is 0 Å². The van der Waals surface area contributed by atoms with Crippen LogP contribution in [0.5, 0.6) is 0 Å². The van der Waals surface area contributed by atoms with Gasteiger partial charge in [0.15, 0.2) is 5.96 Å². The van der Waals surface area contributed by atoms with Gasteiger partial charge >= 0.3 is 0 Å². The molecule has 166 valence electrons. The average molecular weight is 432 g/mol. The molecule has 1 aliphatic rings. The lowest BCUT2D eigenvalue weighted by Gasteiger charge is -2.24. The van der Waals surface area contributed by atoms with Gasteiger partial charge in [-0.15, -0.1) is 0 Å². The number of aliphatic imine (C=N–C) groups is 1. The Bertz CT molecular complexity index is 1080. The number of aromatic nitrogens is 1. The van der Waals surface area contributed by atoms with Gasteiger partial charge in [0.25, 0.3) is 0 Å². The van der Waals surface area contributed by atoms with Crippen LogP contribution in [0.3, 0.4) is 0 Å². The molecule has 0 atom stereocenters. The zero-order valence-electron chi connectivity index (χ0n) is 18.5. The molecular weight excluding hydrogens is 402 g/mol. The summed E-state index contributed by atoms with van der Waals surface area (Å²) < 4.78 is 5.61. The molecule has 32 heavy (non-hydrogen) atoms. The van der Waals surface area contributed by atoms with Gasteiger partial charge in [0.1, 0.15) is 6.26 Å². The molecular formula is C25H29N5O2. The first kappa shape index (κ1) is 21.6. The normalized spacial score (nSPS) is 14.0. The van der Waals surface area contributed by atoms with E-state index in [2.05, 4.69) is 32.9 Å². The third-order valence-electron chi connectivity index (χ3n) is 5.64. The molecule has 4 rings (SSSR count). The molecule has 1 saturated carbocycles. The molecule has 3 aromatic rings. The van der Waals surface area contributed by atoms with Crippen molar-refractivity contribution in [1.29, 1.82) is 0 Å².